The van der Waals surface area contributed by atoms with E-state index in [1.54, 1.807) is 0 Å². The van der Waals surface area contributed by atoms with Crippen LogP contribution in [0.1, 0.15) is 116 Å². The molecule has 0 amide bonds. The molecule has 1 unspecified atom stereocenters. The van der Waals surface area contributed by atoms with Crippen LogP contribution in [-0.2, 0) is 25.5 Å². The minimum Gasteiger partial charge on any atom is -0.468 e. The number of methoxy groups -OCH3 is 1. The number of aliphatic hydroxyl groups is 1. The quantitative estimate of drug-likeness (QED) is 0.126. The SMILES string of the molecule is C=Cc1c2[nH]c(c1C)/C=C1\N/C(=C3\c4[nH]c(c(C)c4C(O)[C@@H]3C(=O)OC)/C=c3\[nH]/c(c(C)c3CC)=C\2)[C@@H](CCC(=O)OC/C=C(/C)CCC)[C@@H]1C. The molecule has 51 heavy (non-hydrogen) atoms. The number of allylic oxidation sites excluding steroid dienone is 3. The van der Waals surface area contributed by atoms with Crippen LogP contribution >= 0.6 is 0 Å². The number of hydrogen-bond acceptors (Lipinski definition) is 6. The lowest BCUT2D eigenvalue weighted by Gasteiger charge is -2.21. The van der Waals surface area contributed by atoms with Crippen LogP contribution in [0.2, 0.25) is 0 Å². The highest BCUT2D eigenvalue weighted by atomic mass is 16.5. The molecule has 1 saturated heterocycles. The average molecular weight is 693 g/mol. The Bertz CT molecular complexity index is 2120. The van der Waals surface area contributed by atoms with Crippen molar-refractivity contribution in [2.45, 2.75) is 86.7 Å². The molecule has 3 aliphatic rings. The lowest BCUT2D eigenvalue weighted by atomic mass is 9.84. The Hall–Kier alpha value is -4.76. The predicted molar refractivity (Wildman–Crippen MR) is 202 cm³/mol. The molecule has 5 N–H and O–H groups in total. The predicted octanol–water partition coefficient (Wildman–Crippen LogP) is 6.29. The third-order valence-electron chi connectivity index (χ3n) is 11.3. The molecule has 9 heteroatoms. The van der Waals surface area contributed by atoms with Crippen LogP contribution in [0.5, 0.6) is 0 Å². The Labute approximate surface area is 300 Å². The number of carbonyl (C=O) groups is 2. The van der Waals surface area contributed by atoms with E-state index in [2.05, 4.69) is 86.6 Å². The van der Waals surface area contributed by atoms with Gasteiger partial charge in [0.1, 0.15) is 12.5 Å². The van der Waals surface area contributed by atoms with Gasteiger partial charge < -0.3 is 34.8 Å². The zero-order chi connectivity index (χ0) is 36.7. The Kier molecular flexibility index (Phi) is 10.2. The molecular weight excluding hydrogens is 640 g/mol. The number of aromatic amines is 3. The zero-order valence-corrected chi connectivity index (χ0v) is 31.2. The second-order valence-electron chi connectivity index (χ2n) is 14.3. The molecule has 0 radical (unpaired) electrons. The molecule has 0 spiro atoms. The third kappa shape index (κ3) is 6.37. The maximum atomic E-state index is 13.5. The monoisotopic (exact) mass is 692 g/mol. The number of rotatable bonds is 10. The highest BCUT2D eigenvalue weighted by Gasteiger charge is 2.48. The van der Waals surface area contributed by atoms with Gasteiger partial charge in [0.25, 0.3) is 0 Å². The maximum absolute atomic E-state index is 13.5. The molecule has 1 fully saturated rings. The summed E-state index contributed by atoms with van der Waals surface area (Å²) in [5.74, 6) is -1.94. The molecule has 2 aliphatic heterocycles. The van der Waals surface area contributed by atoms with Gasteiger partial charge in [0, 0.05) is 74.1 Å². The Morgan fingerprint density at radius 2 is 1.69 bits per heavy atom. The van der Waals surface area contributed by atoms with E-state index in [0.717, 1.165) is 75.1 Å². The van der Waals surface area contributed by atoms with Crippen molar-refractivity contribution in [2.24, 2.45) is 17.8 Å². The van der Waals surface area contributed by atoms with Crippen molar-refractivity contribution in [3.63, 3.8) is 0 Å². The summed E-state index contributed by atoms with van der Waals surface area (Å²) in [4.78, 5) is 37.5. The van der Waals surface area contributed by atoms with Crippen molar-refractivity contribution < 1.29 is 24.2 Å². The molecule has 5 heterocycles. The van der Waals surface area contributed by atoms with Crippen LogP contribution in [-0.4, -0.2) is 45.7 Å². The maximum Gasteiger partial charge on any atom is 0.316 e. The normalized spacial score (nSPS) is 24.6. The fraction of sp³-hybridized carbons (Fsp3) is 0.429. The number of aliphatic hydroxyl groups excluding tert-OH is 1. The standard InChI is InChI=1S/C42H52N4O5/c1-10-13-21(4)16-17-51-35(47)15-14-28-24(7)31-18-29-22(5)26(11-2)33(43-29)19-30-23(6)27(12-3)34(44-30)20-32-25(8)36-40(46-32)37(39(28)45-31)38(41(36)48)42(49)50-9/h11,16,18-20,24,28,38,41,43-46,48H,2,10,12-15,17H2,1,3-9H3/b21-16-,30-19-,31-18-,34-20-,39-37-/t24-,28-,38+,41?/m0/s1. The van der Waals surface area contributed by atoms with Crippen molar-refractivity contribution in [3.8, 4) is 0 Å². The number of nitrogens with one attached hydrogen (secondary N) is 4. The van der Waals surface area contributed by atoms with Crippen LogP contribution in [0.4, 0.5) is 0 Å². The van der Waals surface area contributed by atoms with Gasteiger partial charge in [-0.3, -0.25) is 9.59 Å². The summed E-state index contributed by atoms with van der Waals surface area (Å²) in [6, 6.07) is 0. The van der Waals surface area contributed by atoms with Gasteiger partial charge in [-0.25, -0.2) is 0 Å². The largest absolute Gasteiger partial charge is 0.468 e. The first-order chi connectivity index (χ1) is 24.4. The zero-order valence-electron chi connectivity index (χ0n) is 31.2. The highest BCUT2D eigenvalue weighted by molar-refractivity contribution is 5.95. The number of aromatic nitrogens is 3. The number of esters is 2. The van der Waals surface area contributed by atoms with Gasteiger partial charge >= 0.3 is 11.9 Å². The fourth-order valence-corrected chi connectivity index (χ4v) is 8.31. The Morgan fingerprint density at radius 1 is 0.961 bits per heavy atom. The van der Waals surface area contributed by atoms with Gasteiger partial charge in [0.2, 0.25) is 0 Å². The summed E-state index contributed by atoms with van der Waals surface area (Å²) < 4.78 is 10.9. The van der Waals surface area contributed by atoms with Crippen molar-refractivity contribution in [1.29, 1.82) is 0 Å². The first-order valence-corrected chi connectivity index (χ1v) is 18.2. The number of ether oxygens (including phenoxy) is 2. The van der Waals surface area contributed by atoms with E-state index in [-0.39, 0.29) is 30.8 Å². The van der Waals surface area contributed by atoms with E-state index >= 15 is 0 Å². The summed E-state index contributed by atoms with van der Waals surface area (Å²) in [7, 11) is 1.35. The van der Waals surface area contributed by atoms with Crippen LogP contribution in [0.3, 0.4) is 0 Å². The number of carbonyl (C=O) groups excluding carboxylic acids is 2. The minimum absolute atomic E-state index is 0.0496. The summed E-state index contributed by atoms with van der Waals surface area (Å²) in [5.41, 5.74) is 13.1. The highest BCUT2D eigenvalue weighted by Crippen LogP contribution is 2.52. The number of fused-ring (bicyclic) bond motifs is 7. The van der Waals surface area contributed by atoms with Gasteiger partial charge in [-0.05, 0) is 93.5 Å². The number of hydrogen-bond donors (Lipinski definition) is 5. The second-order valence-corrected chi connectivity index (χ2v) is 14.3. The van der Waals surface area contributed by atoms with Crippen molar-refractivity contribution in [1.82, 2.24) is 20.3 Å². The van der Waals surface area contributed by atoms with Crippen molar-refractivity contribution in [3.05, 3.63) is 96.5 Å². The molecule has 0 saturated carbocycles. The van der Waals surface area contributed by atoms with Crippen LogP contribution < -0.4 is 16.0 Å². The lowest BCUT2D eigenvalue weighted by Crippen LogP contribution is -2.24. The van der Waals surface area contributed by atoms with Crippen LogP contribution in [0.25, 0.3) is 29.9 Å². The van der Waals surface area contributed by atoms with E-state index in [9.17, 15) is 14.7 Å². The van der Waals surface area contributed by atoms with E-state index in [4.69, 9.17) is 9.47 Å². The van der Waals surface area contributed by atoms with E-state index in [1.807, 2.05) is 19.1 Å². The van der Waals surface area contributed by atoms with Crippen LogP contribution in [0.15, 0.2) is 29.6 Å². The molecule has 9 nitrogen and oxygen atoms in total. The Balaban J connectivity index is 1.56. The molecule has 1 aliphatic carbocycles. The molecule has 270 valence electrons. The van der Waals surface area contributed by atoms with Gasteiger partial charge in [0.05, 0.1) is 18.9 Å². The minimum atomic E-state index is -1.11. The topological polar surface area (TPSA) is 132 Å². The molecule has 0 aromatic carbocycles. The summed E-state index contributed by atoms with van der Waals surface area (Å²) >= 11 is 0. The first-order valence-electron chi connectivity index (χ1n) is 18.2. The average Bonchev–Trinajstić information content (AvgIpc) is 3.84. The summed E-state index contributed by atoms with van der Waals surface area (Å²) in [5, 5.41) is 17.6. The van der Waals surface area contributed by atoms with Gasteiger partial charge in [-0.15, -0.1) is 0 Å². The fourth-order valence-electron chi connectivity index (χ4n) is 8.31. The molecule has 8 bridgehead atoms. The van der Waals surface area contributed by atoms with E-state index in [0.29, 0.717) is 23.3 Å². The molecule has 3 aromatic heterocycles. The molecular formula is C42H52N4O5. The number of H-pyrrole nitrogens is 3. The molecule has 6 rings (SSSR count). The van der Waals surface area contributed by atoms with E-state index < -0.39 is 18.0 Å². The second kappa shape index (κ2) is 14.5. The van der Waals surface area contributed by atoms with Crippen LogP contribution in [0, 0.1) is 38.5 Å². The molecule has 4 atom stereocenters. The first kappa shape index (κ1) is 36.0. The van der Waals surface area contributed by atoms with Crippen molar-refractivity contribution in [2.75, 3.05) is 13.7 Å². The third-order valence-corrected chi connectivity index (χ3v) is 11.3. The van der Waals surface area contributed by atoms with Crippen molar-refractivity contribution >= 4 is 41.8 Å². The Morgan fingerprint density at radius 3 is 2.37 bits per heavy atom. The smallest absolute Gasteiger partial charge is 0.316 e. The summed E-state index contributed by atoms with van der Waals surface area (Å²) in [6.45, 7) is 19.1. The van der Waals surface area contributed by atoms with Gasteiger partial charge in [0.15, 0.2) is 0 Å². The summed E-state index contributed by atoms with van der Waals surface area (Å²) in [6.07, 6.45) is 12.7. The lowest BCUT2D eigenvalue weighted by molar-refractivity contribution is -0.146. The van der Waals surface area contributed by atoms with Gasteiger partial charge in [-0.2, -0.15) is 0 Å². The van der Waals surface area contributed by atoms with Gasteiger partial charge in [-0.1, -0.05) is 45.4 Å². The van der Waals surface area contributed by atoms with E-state index in [1.165, 1.54) is 23.8 Å². The molecule has 3 aromatic rings.